The molecule has 1 fully saturated rings. The lowest BCUT2D eigenvalue weighted by Gasteiger charge is -2.24. The number of pyridine rings is 1. The lowest BCUT2D eigenvalue weighted by atomic mass is 10.3. The normalized spacial score (nSPS) is 17.8. The number of amides is 2. The van der Waals surface area contributed by atoms with Crippen LogP contribution in [0.4, 0.5) is 10.6 Å². The van der Waals surface area contributed by atoms with Gasteiger partial charge in [-0.05, 0) is 25.0 Å². The summed E-state index contributed by atoms with van der Waals surface area (Å²) in [4.78, 5) is 20.4. The van der Waals surface area contributed by atoms with Gasteiger partial charge in [0.1, 0.15) is 5.82 Å². The quantitative estimate of drug-likeness (QED) is 0.823. The number of carbonyl (C=O) groups excluding carboxylic acids is 1. The summed E-state index contributed by atoms with van der Waals surface area (Å²) in [5.74, 6) is 0.954. The van der Waals surface area contributed by atoms with Gasteiger partial charge in [-0.3, -0.25) is 0 Å². The Balaban J connectivity index is 1.85. The Labute approximate surface area is 125 Å². The molecular weight excluding hydrogens is 268 g/mol. The maximum Gasteiger partial charge on any atom is 0.317 e. The number of anilines is 1. The van der Waals surface area contributed by atoms with Crippen molar-refractivity contribution in [2.75, 3.05) is 37.7 Å². The molecule has 0 saturated carbocycles. The molecule has 0 bridgehead atoms. The molecule has 1 aromatic rings. The van der Waals surface area contributed by atoms with Crippen molar-refractivity contribution in [2.24, 2.45) is 0 Å². The number of carbonyl (C=O) groups is 1. The minimum atomic E-state index is -0.0845. The van der Waals surface area contributed by atoms with Crippen molar-refractivity contribution in [3.63, 3.8) is 0 Å². The van der Waals surface area contributed by atoms with E-state index in [2.05, 4.69) is 15.2 Å². The van der Waals surface area contributed by atoms with Crippen molar-refractivity contribution in [3.05, 3.63) is 24.4 Å². The fourth-order valence-electron chi connectivity index (χ4n) is 2.60. The Morgan fingerprint density at radius 2 is 2.38 bits per heavy atom. The van der Waals surface area contributed by atoms with Gasteiger partial charge >= 0.3 is 6.03 Å². The standard InChI is InChI=1S/C15H24N4O2/c1-2-8-18(10-11-20)15(21)17-13-6-9-19(12-13)14-5-3-4-7-16-14/h3-5,7,13,20H,2,6,8-12H2,1H3,(H,17,21). The monoisotopic (exact) mass is 292 g/mol. The average molecular weight is 292 g/mol. The number of aliphatic hydroxyl groups excluding tert-OH is 1. The second-order valence-corrected chi connectivity index (χ2v) is 5.28. The molecular formula is C15H24N4O2. The molecule has 0 spiro atoms. The Kier molecular flexibility index (Phi) is 5.80. The van der Waals surface area contributed by atoms with Gasteiger partial charge in [-0.25, -0.2) is 9.78 Å². The summed E-state index contributed by atoms with van der Waals surface area (Å²) in [5, 5.41) is 12.1. The number of aromatic nitrogens is 1. The van der Waals surface area contributed by atoms with Crippen molar-refractivity contribution >= 4 is 11.8 Å². The number of aliphatic hydroxyl groups is 1. The molecule has 116 valence electrons. The van der Waals surface area contributed by atoms with Crippen LogP contribution in [0.3, 0.4) is 0 Å². The first kappa shape index (κ1) is 15.6. The average Bonchev–Trinajstić information content (AvgIpc) is 2.96. The van der Waals surface area contributed by atoms with E-state index < -0.39 is 0 Å². The molecule has 2 N–H and O–H groups in total. The van der Waals surface area contributed by atoms with Crippen molar-refractivity contribution in [3.8, 4) is 0 Å². The Morgan fingerprint density at radius 3 is 3.05 bits per heavy atom. The summed E-state index contributed by atoms with van der Waals surface area (Å²) in [6, 6.07) is 5.91. The molecule has 21 heavy (non-hydrogen) atoms. The topological polar surface area (TPSA) is 68.7 Å². The zero-order valence-electron chi connectivity index (χ0n) is 12.5. The third-order valence-electron chi connectivity index (χ3n) is 3.64. The molecule has 6 heteroatoms. The number of hydrogen-bond acceptors (Lipinski definition) is 4. The number of nitrogens with one attached hydrogen (secondary N) is 1. The Morgan fingerprint density at radius 1 is 1.52 bits per heavy atom. The number of hydrogen-bond donors (Lipinski definition) is 2. The fraction of sp³-hybridized carbons (Fsp3) is 0.600. The maximum absolute atomic E-state index is 12.2. The highest BCUT2D eigenvalue weighted by Crippen LogP contribution is 2.17. The first-order valence-electron chi connectivity index (χ1n) is 7.57. The minimum absolute atomic E-state index is 0.00184. The number of urea groups is 1. The van der Waals surface area contributed by atoms with E-state index in [1.807, 2.05) is 25.1 Å². The highest BCUT2D eigenvalue weighted by Gasteiger charge is 2.26. The van der Waals surface area contributed by atoms with Crippen LogP contribution in [0.2, 0.25) is 0 Å². The number of nitrogens with zero attached hydrogens (tertiary/aromatic N) is 3. The van der Waals surface area contributed by atoms with Crippen molar-refractivity contribution in [1.82, 2.24) is 15.2 Å². The molecule has 1 unspecified atom stereocenters. The molecule has 0 aromatic carbocycles. The van der Waals surface area contributed by atoms with Gasteiger partial charge in [-0.1, -0.05) is 13.0 Å². The van der Waals surface area contributed by atoms with Crippen LogP contribution in [0.15, 0.2) is 24.4 Å². The molecule has 2 rings (SSSR count). The second-order valence-electron chi connectivity index (χ2n) is 5.28. The number of rotatable bonds is 6. The largest absolute Gasteiger partial charge is 0.395 e. The molecule has 6 nitrogen and oxygen atoms in total. The zero-order valence-corrected chi connectivity index (χ0v) is 12.5. The predicted octanol–water partition coefficient (Wildman–Crippen LogP) is 1.07. The van der Waals surface area contributed by atoms with Crippen molar-refractivity contribution in [2.45, 2.75) is 25.8 Å². The highest BCUT2D eigenvalue weighted by atomic mass is 16.3. The molecule has 0 radical (unpaired) electrons. The van der Waals surface area contributed by atoms with E-state index in [-0.39, 0.29) is 18.7 Å². The summed E-state index contributed by atoms with van der Waals surface area (Å²) in [6.07, 6.45) is 3.59. The zero-order chi connectivity index (χ0) is 15.1. The summed E-state index contributed by atoms with van der Waals surface area (Å²) < 4.78 is 0. The van der Waals surface area contributed by atoms with Crippen LogP contribution in [0.1, 0.15) is 19.8 Å². The van der Waals surface area contributed by atoms with Gasteiger partial charge in [0.2, 0.25) is 0 Å². The molecule has 2 amide bonds. The highest BCUT2D eigenvalue weighted by molar-refractivity contribution is 5.74. The fourth-order valence-corrected chi connectivity index (χ4v) is 2.60. The van der Waals surface area contributed by atoms with Crippen molar-refractivity contribution in [1.29, 1.82) is 0 Å². The first-order chi connectivity index (χ1) is 10.2. The lowest BCUT2D eigenvalue weighted by Crippen LogP contribution is -2.47. The van der Waals surface area contributed by atoms with E-state index in [0.29, 0.717) is 13.1 Å². The van der Waals surface area contributed by atoms with Crippen LogP contribution in [-0.4, -0.2) is 59.8 Å². The van der Waals surface area contributed by atoms with E-state index in [1.54, 1.807) is 11.1 Å². The third kappa shape index (κ3) is 4.32. The minimum Gasteiger partial charge on any atom is -0.395 e. The summed E-state index contributed by atoms with van der Waals surface area (Å²) in [7, 11) is 0. The van der Waals surface area contributed by atoms with E-state index in [9.17, 15) is 4.79 Å². The first-order valence-corrected chi connectivity index (χ1v) is 7.57. The predicted molar refractivity (Wildman–Crippen MR) is 82.3 cm³/mol. The van der Waals surface area contributed by atoms with Gasteiger partial charge in [0.05, 0.1) is 6.61 Å². The third-order valence-corrected chi connectivity index (χ3v) is 3.64. The van der Waals surface area contributed by atoms with Gasteiger partial charge < -0.3 is 20.2 Å². The van der Waals surface area contributed by atoms with Crippen LogP contribution in [0.5, 0.6) is 0 Å². The molecule has 1 aliphatic rings. The maximum atomic E-state index is 12.2. The van der Waals surface area contributed by atoms with Crippen molar-refractivity contribution < 1.29 is 9.90 Å². The smallest absolute Gasteiger partial charge is 0.317 e. The van der Waals surface area contributed by atoms with Crippen LogP contribution in [0, 0.1) is 0 Å². The molecule has 2 heterocycles. The van der Waals surface area contributed by atoms with Crippen LogP contribution >= 0.6 is 0 Å². The Hall–Kier alpha value is -1.82. The summed E-state index contributed by atoms with van der Waals surface area (Å²) in [6.45, 7) is 4.76. The molecule has 0 aliphatic carbocycles. The molecule has 1 aromatic heterocycles. The van der Waals surface area contributed by atoms with Gasteiger partial charge in [-0.2, -0.15) is 0 Å². The summed E-state index contributed by atoms with van der Waals surface area (Å²) >= 11 is 0. The molecule has 1 aliphatic heterocycles. The Bertz CT molecular complexity index is 435. The van der Waals surface area contributed by atoms with E-state index >= 15 is 0 Å². The van der Waals surface area contributed by atoms with Gasteiger partial charge in [-0.15, -0.1) is 0 Å². The van der Waals surface area contributed by atoms with E-state index in [0.717, 1.165) is 31.7 Å². The molecule has 1 saturated heterocycles. The van der Waals surface area contributed by atoms with Gasteiger partial charge in [0.15, 0.2) is 0 Å². The van der Waals surface area contributed by atoms with Gasteiger partial charge in [0, 0.05) is 38.4 Å². The molecule has 1 atom stereocenters. The van der Waals surface area contributed by atoms with Gasteiger partial charge in [0.25, 0.3) is 0 Å². The van der Waals surface area contributed by atoms with Crippen LogP contribution < -0.4 is 10.2 Å². The van der Waals surface area contributed by atoms with E-state index in [1.165, 1.54) is 0 Å². The van der Waals surface area contributed by atoms with Crippen LogP contribution in [0.25, 0.3) is 0 Å². The summed E-state index contributed by atoms with van der Waals surface area (Å²) in [5.41, 5.74) is 0. The SMILES string of the molecule is CCCN(CCO)C(=O)NC1CCN(c2ccccn2)C1. The second kappa shape index (κ2) is 7.83. The lowest BCUT2D eigenvalue weighted by molar-refractivity contribution is 0.174. The van der Waals surface area contributed by atoms with E-state index in [4.69, 9.17) is 5.11 Å². The van der Waals surface area contributed by atoms with Crippen LogP contribution in [-0.2, 0) is 0 Å².